The van der Waals surface area contributed by atoms with Gasteiger partial charge in [-0.25, -0.2) is 0 Å². The topological polar surface area (TPSA) is 87.4 Å². The van der Waals surface area contributed by atoms with E-state index in [1.807, 2.05) is 42.5 Å². The van der Waals surface area contributed by atoms with Gasteiger partial charge in [0.25, 0.3) is 0 Å². The molecule has 6 aromatic rings. The van der Waals surface area contributed by atoms with E-state index < -0.39 is 14.2 Å². The lowest BCUT2D eigenvalue weighted by Gasteiger charge is -2.26. The molecule has 0 unspecified atom stereocenters. The summed E-state index contributed by atoms with van der Waals surface area (Å²) in [6.07, 6.45) is 4.21. The molecule has 4 N–H and O–H groups in total. The van der Waals surface area contributed by atoms with Gasteiger partial charge in [-0.1, -0.05) is 140 Å². The van der Waals surface area contributed by atoms with Gasteiger partial charge in [0.15, 0.2) is 0 Å². The lowest BCUT2D eigenvalue weighted by Crippen LogP contribution is -2.36. The van der Waals surface area contributed by atoms with Crippen LogP contribution in [0.3, 0.4) is 0 Å². The molecule has 0 heterocycles. The Labute approximate surface area is 296 Å². The minimum atomic E-state index is -1.51. The second-order valence-corrected chi connectivity index (χ2v) is 13.3. The zero-order valence-corrected chi connectivity index (χ0v) is 28.6. The Bertz CT molecular complexity index is 1970. The summed E-state index contributed by atoms with van der Waals surface area (Å²) in [6.45, 7) is 4.59. The Hall–Kier alpha value is -4.27. The third kappa shape index (κ3) is 9.29. The molecule has 0 aliphatic heterocycles. The molecule has 254 valence electrons. The van der Waals surface area contributed by atoms with Gasteiger partial charge < -0.3 is 20.1 Å². The molecule has 0 atom stereocenters. The van der Waals surface area contributed by atoms with Crippen molar-refractivity contribution in [3.8, 4) is 0 Å². The predicted molar refractivity (Wildman–Crippen MR) is 207 cm³/mol. The van der Waals surface area contributed by atoms with Crippen LogP contribution in [-0.2, 0) is 26.2 Å². The Morgan fingerprint density at radius 2 is 0.860 bits per heavy atom. The van der Waals surface area contributed by atoms with Crippen molar-refractivity contribution < 1.29 is 20.1 Å². The van der Waals surface area contributed by atoms with E-state index in [0.29, 0.717) is 24.0 Å². The van der Waals surface area contributed by atoms with E-state index >= 15 is 0 Å². The summed E-state index contributed by atoms with van der Waals surface area (Å²) in [5.41, 5.74) is 5.47. The Morgan fingerprint density at radius 3 is 1.46 bits per heavy atom. The fourth-order valence-electron chi connectivity index (χ4n) is 7.14. The normalized spacial score (nSPS) is 11.6. The summed E-state index contributed by atoms with van der Waals surface area (Å²) in [7, 11) is -3.01. The van der Waals surface area contributed by atoms with Crippen LogP contribution in [0.4, 0.5) is 0 Å². The molecule has 0 bridgehead atoms. The third-order valence-corrected chi connectivity index (χ3v) is 9.65. The molecular formula is C42H46B2N2O4. The Balaban J connectivity index is 1.13. The first-order valence-electron chi connectivity index (χ1n) is 17.7. The van der Waals surface area contributed by atoms with Gasteiger partial charge in [0.1, 0.15) is 0 Å². The summed E-state index contributed by atoms with van der Waals surface area (Å²) >= 11 is 0. The minimum Gasteiger partial charge on any atom is -0.423 e. The van der Waals surface area contributed by atoms with E-state index in [-0.39, 0.29) is 0 Å². The lowest BCUT2D eigenvalue weighted by molar-refractivity contribution is 0.240. The summed E-state index contributed by atoms with van der Waals surface area (Å²) in [5.74, 6) is 0. The van der Waals surface area contributed by atoms with Gasteiger partial charge in [-0.3, -0.25) is 9.80 Å². The predicted octanol–water partition coefficient (Wildman–Crippen LogP) is 5.62. The molecule has 0 aliphatic rings. The molecule has 0 radical (unpaired) electrons. The SMILES string of the molecule is OB(O)c1ccccc1CN(CCCCCCN(Cc1ccccc1B(O)O)Cc1cc2ccccc2c2ccccc12)Cc1ccccc1. The first-order chi connectivity index (χ1) is 24.5. The van der Waals surface area contributed by atoms with Crippen molar-refractivity contribution in [2.75, 3.05) is 13.1 Å². The van der Waals surface area contributed by atoms with Crippen LogP contribution in [0.25, 0.3) is 21.5 Å². The van der Waals surface area contributed by atoms with E-state index in [4.69, 9.17) is 0 Å². The van der Waals surface area contributed by atoms with Crippen molar-refractivity contribution in [2.24, 2.45) is 0 Å². The molecule has 6 aromatic carbocycles. The molecule has 50 heavy (non-hydrogen) atoms. The number of fused-ring (bicyclic) bond motifs is 3. The standard InChI is InChI=1S/C42H46B2N2O4/c47-43(48)41-24-12-7-19-35(41)30-45(29-33-16-4-3-5-17-33)26-14-1-2-15-27-46(31-36-20-8-13-25-42(36)44(49)50)32-37-28-34-18-6-9-21-38(34)40-23-11-10-22-39(37)40/h3-13,16-25,28,47-50H,1-2,14-15,26-27,29-32H2. The highest BCUT2D eigenvalue weighted by atomic mass is 16.4. The fourth-order valence-corrected chi connectivity index (χ4v) is 7.14. The van der Waals surface area contributed by atoms with Crippen molar-refractivity contribution in [1.82, 2.24) is 9.80 Å². The van der Waals surface area contributed by atoms with Crippen LogP contribution in [0.5, 0.6) is 0 Å². The molecule has 0 aromatic heterocycles. The molecule has 0 amide bonds. The summed E-state index contributed by atoms with van der Waals surface area (Å²) in [5, 5.41) is 45.1. The average molecular weight is 664 g/mol. The van der Waals surface area contributed by atoms with Crippen molar-refractivity contribution in [3.63, 3.8) is 0 Å². The van der Waals surface area contributed by atoms with Gasteiger partial charge in [-0.15, -0.1) is 0 Å². The molecule has 0 spiro atoms. The maximum Gasteiger partial charge on any atom is 0.488 e. The molecule has 0 saturated heterocycles. The number of unbranched alkanes of at least 4 members (excludes halogenated alkanes) is 3. The van der Waals surface area contributed by atoms with Crippen LogP contribution in [0.2, 0.25) is 0 Å². The Morgan fingerprint density at radius 1 is 0.400 bits per heavy atom. The molecule has 0 fully saturated rings. The number of nitrogens with zero attached hydrogens (tertiary/aromatic N) is 2. The third-order valence-electron chi connectivity index (χ3n) is 9.65. The van der Waals surface area contributed by atoms with Crippen molar-refractivity contribution in [1.29, 1.82) is 0 Å². The van der Waals surface area contributed by atoms with Crippen LogP contribution in [0.1, 0.15) is 47.9 Å². The first-order valence-corrected chi connectivity index (χ1v) is 17.7. The number of hydrogen-bond acceptors (Lipinski definition) is 6. The van der Waals surface area contributed by atoms with E-state index in [9.17, 15) is 20.1 Å². The van der Waals surface area contributed by atoms with Gasteiger partial charge in [0.2, 0.25) is 0 Å². The highest BCUT2D eigenvalue weighted by molar-refractivity contribution is 6.59. The highest BCUT2D eigenvalue weighted by Crippen LogP contribution is 2.30. The monoisotopic (exact) mass is 664 g/mol. The molecule has 0 saturated carbocycles. The van der Waals surface area contributed by atoms with Crippen LogP contribution in [-0.4, -0.2) is 57.2 Å². The van der Waals surface area contributed by atoms with E-state index in [1.165, 1.54) is 32.7 Å². The van der Waals surface area contributed by atoms with Gasteiger partial charge in [-0.05, 0) is 86.7 Å². The molecular weight excluding hydrogens is 618 g/mol. The minimum absolute atomic E-state index is 0.551. The van der Waals surface area contributed by atoms with Gasteiger partial charge >= 0.3 is 14.2 Å². The summed E-state index contributed by atoms with van der Waals surface area (Å²) in [6, 6.07) is 45.1. The van der Waals surface area contributed by atoms with Gasteiger partial charge in [0.05, 0.1) is 0 Å². The van der Waals surface area contributed by atoms with Crippen LogP contribution < -0.4 is 10.9 Å². The molecule has 0 aliphatic carbocycles. The first kappa shape index (κ1) is 35.6. The van der Waals surface area contributed by atoms with Crippen LogP contribution in [0.15, 0.2) is 133 Å². The number of benzene rings is 6. The largest absolute Gasteiger partial charge is 0.488 e. The second kappa shape index (κ2) is 17.6. The fraction of sp³-hybridized carbons (Fsp3) is 0.238. The second-order valence-electron chi connectivity index (χ2n) is 13.3. The molecule has 8 heteroatoms. The zero-order chi connectivity index (χ0) is 34.7. The quantitative estimate of drug-likeness (QED) is 0.0576. The molecule has 6 nitrogen and oxygen atoms in total. The van der Waals surface area contributed by atoms with Crippen molar-refractivity contribution >= 4 is 46.7 Å². The maximum atomic E-state index is 10.1. The van der Waals surface area contributed by atoms with Crippen molar-refractivity contribution in [3.05, 3.63) is 156 Å². The Kier molecular flexibility index (Phi) is 12.5. The van der Waals surface area contributed by atoms with Gasteiger partial charge in [0, 0.05) is 26.2 Å². The average Bonchev–Trinajstić information content (AvgIpc) is 3.13. The van der Waals surface area contributed by atoms with Gasteiger partial charge in [-0.2, -0.15) is 0 Å². The van der Waals surface area contributed by atoms with Crippen LogP contribution in [0, 0.1) is 0 Å². The summed E-state index contributed by atoms with van der Waals surface area (Å²) < 4.78 is 0. The van der Waals surface area contributed by atoms with E-state index in [1.54, 1.807) is 12.1 Å². The number of rotatable bonds is 17. The smallest absolute Gasteiger partial charge is 0.423 e. The zero-order valence-electron chi connectivity index (χ0n) is 28.6. The highest BCUT2D eigenvalue weighted by Gasteiger charge is 2.20. The molecule has 6 rings (SSSR count). The van der Waals surface area contributed by atoms with E-state index in [2.05, 4.69) is 88.7 Å². The summed E-state index contributed by atoms with van der Waals surface area (Å²) in [4.78, 5) is 4.83. The van der Waals surface area contributed by atoms with E-state index in [0.717, 1.165) is 63.0 Å². The maximum absolute atomic E-state index is 10.1. The van der Waals surface area contributed by atoms with Crippen molar-refractivity contribution in [2.45, 2.75) is 51.9 Å². The number of hydrogen-bond donors (Lipinski definition) is 4. The van der Waals surface area contributed by atoms with Crippen LogP contribution >= 0.6 is 0 Å². The lowest BCUT2D eigenvalue weighted by atomic mass is 9.77.